The van der Waals surface area contributed by atoms with Crippen LogP contribution in [-0.2, 0) is 11.2 Å². The molecule has 0 saturated carbocycles. The lowest BCUT2D eigenvalue weighted by Gasteiger charge is -2.23. The summed E-state index contributed by atoms with van der Waals surface area (Å²) in [7, 11) is 1.61. The normalized spacial score (nSPS) is 18.2. The van der Waals surface area contributed by atoms with Crippen LogP contribution in [-0.4, -0.2) is 13.0 Å². The first kappa shape index (κ1) is 10.5. The summed E-state index contributed by atoms with van der Waals surface area (Å²) in [6.45, 7) is 0. The number of carbonyl (C=O) groups is 1. The molecule has 0 radical (unpaired) electrons. The fourth-order valence-corrected chi connectivity index (χ4v) is 1.86. The zero-order valence-corrected chi connectivity index (χ0v) is 8.99. The molecule has 1 heterocycles. The Morgan fingerprint density at radius 2 is 2.44 bits per heavy atom. The maximum absolute atomic E-state index is 11.6. The average Bonchev–Trinajstić information content (AvgIpc) is 2.30. The van der Waals surface area contributed by atoms with Crippen LogP contribution in [0.25, 0.3) is 0 Å². The molecule has 1 amide bonds. The molecular formula is C12H12N2O2. The van der Waals surface area contributed by atoms with E-state index in [1.807, 2.05) is 24.3 Å². The molecular weight excluding hydrogens is 204 g/mol. The fourth-order valence-electron chi connectivity index (χ4n) is 1.86. The number of nitrogens with one attached hydrogen (secondary N) is 1. The Kier molecular flexibility index (Phi) is 2.78. The number of nitriles is 1. The number of hydrogen-bond acceptors (Lipinski definition) is 3. The lowest BCUT2D eigenvalue weighted by Crippen LogP contribution is -2.29. The van der Waals surface area contributed by atoms with Crippen molar-refractivity contribution in [2.75, 3.05) is 12.4 Å². The van der Waals surface area contributed by atoms with Gasteiger partial charge in [-0.25, -0.2) is 0 Å². The molecule has 0 saturated heterocycles. The summed E-state index contributed by atoms with van der Waals surface area (Å²) >= 11 is 0. The molecule has 0 aliphatic carbocycles. The van der Waals surface area contributed by atoms with Crippen molar-refractivity contribution in [3.63, 3.8) is 0 Å². The van der Waals surface area contributed by atoms with E-state index in [2.05, 4.69) is 5.32 Å². The summed E-state index contributed by atoms with van der Waals surface area (Å²) in [6, 6.07) is 7.57. The van der Waals surface area contributed by atoms with Crippen LogP contribution in [0.2, 0.25) is 0 Å². The minimum atomic E-state index is -0.246. The lowest BCUT2D eigenvalue weighted by atomic mass is 9.91. The first-order valence-corrected chi connectivity index (χ1v) is 5.09. The number of ether oxygens (including phenoxy) is 1. The smallest absolute Gasteiger partial charge is 0.228 e. The van der Waals surface area contributed by atoms with Crippen LogP contribution in [0.5, 0.6) is 5.75 Å². The molecule has 0 fully saturated rings. The third kappa shape index (κ3) is 1.84. The molecule has 1 aliphatic rings. The minimum Gasteiger partial charge on any atom is -0.497 e. The molecule has 1 aromatic carbocycles. The Bertz CT molecular complexity index is 463. The van der Waals surface area contributed by atoms with Crippen molar-refractivity contribution in [2.24, 2.45) is 5.92 Å². The summed E-state index contributed by atoms with van der Waals surface area (Å²) in [5, 5.41) is 11.4. The van der Waals surface area contributed by atoms with Gasteiger partial charge < -0.3 is 10.1 Å². The average molecular weight is 216 g/mol. The molecule has 1 unspecified atom stereocenters. The molecule has 82 valence electrons. The summed E-state index contributed by atoms with van der Waals surface area (Å²) < 4.78 is 5.12. The van der Waals surface area contributed by atoms with Crippen LogP contribution in [0.3, 0.4) is 0 Å². The van der Waals surface area contributed by atoms with Gasteiger partial charge in [-0.15, -0.1) is 0 Å². The first-order chi connectivity index (χ1) is 7.74. The molecule has 16 heavy (non-hydrogen) atoms. The molecule has 1 aromatic rings. The van der Waals surface area contributed by atoms with Crippen LogP contribution in [0.15, 0.2) is 18.2 Å². The summed E-state index contributed by atoms with van der Waals surface area (Å²) in [4.78, 5) is 11.6. The van der Waals surface area contributed by atoms with Crippen molar-refractivity contribution in [1.29, 1.82) is 5.26 Å². The van der Waals surface area contributed by atoms with Crippen molar-refractivity contribution in [3.05, 3.63) is 23.8 Å². The third-order valence-corrected chi connectivity index (χ3v) is 2.75. The van der Waals surface area contributed by atoms with Gasteiger partial charge in [-0.3, -0.25) is 4.79 Å². The van der Waals surface area contributed by atoms with Gasteiger partial charge in [-0.05, 0) is 30.2 Å². The SMILES string of the molecule is COc1ccc2c(c1)CC(CC#N)C(=O)N2. The van der Waals surface area contributed by atoms with Gasteiger partial charge in [0.25, 0.3) is 0 Å². The number of fused-ring (bicyclic) bond motifs is 1. The highest BCUT2D eigenvalue weighted by Gasteiger charge is 2.25. The minimum absolute atomic E-state index is 0.0702. The van der Waals surface area contributed by atoms with Crippen molar-refractivity contribution >= 4 is 11.6 Å². The van der Waals surface area contributed by atoms with Crippen LogP contribution >= 0.6 is 0 Å². The van der Waals surface area contributed by atoms with Gasteiger partial charge in [-0.1, -0.05) is 0 Å². The number of nitrogens with zero attached hydrogens (tertiary/aromatic N) is 1. The molecule has 1 N–H and O–H groups in total. The molecule has 4 heteroatoms. The van der Waals surface area contributed by atoms with Crippen molar-refractivity contribution in [1.82, 2.24) is 0 Å². The highest BCUT2D eigenvalue weighted by atomic mass is 16.5. The van der Waals surface area contributed by atoms with E-state index in [0.717, 1.165) is 17.0 Å². The fraction of sp³-hybridized carbons (Fsp3) is 0.333. The molecule has 0 spiro atoms. The van der Waals surface area contributed by atoms with Gasteiger partial charge in [0.2, 0.25) is 5.91 Å². The van der Waals surface area contributed by atoms with Crippen LogP contribution in [0.1, 0.15) is 12.0 Å². The number of methoxy groups -OCH3 is 1. The number of hydrogen-bond donors (Lipinski definition) is 1. The highest BCUT2D eigenvalue weighted by molar-refractivity contribution is 5.96. The van der Waals surface area contributed by atoms with Gasteiger partial charge >= 0.3 is 0 Å². The summed E-state index contributed by atoms with van der Waals surface area (Å²) in [5.74, 6) is 0.453. The predicted octanol–water partition coefficient (Wildman–Crippen LogP) is 1.72. The molecule has 1 atom stereocenters. The van der Waals surface area contributed by atoms with Gasteiger partial charge in [-0.2, -0.15) is 5.26 Å². The Morgan fingerprint density at radius 1 is 1.62 bits per heavy atom. The maximum Gasteiger partial charge on any atom is 0.228 e. The van der Waals surface area contributed by atoms with Gasteiger partial charge in [0.1, 0.15) is 5.75 Å². The maximum atomic E-state index is 11.6. The second-order valence-corrected chi connectivity index (χ2v) is 3.78. The van der Waals surface area contributed by atoms with Crippen molar-refractivity contribution < 1.29 is 9.53 Å². The largest absolute Gasteiger partial charge is 0.497 e. The highest BCUT2D eigenvalue weighted by Crippen LogP contribution is 2.29. The van der Waals surface area contributed by atoms with E-state index in [1.165, 1.54) is 0 Å². The number of rotatable bonds is 2. The Morgan fingerprint density at radius 3 is 3.12 bits per heavy atom. The number of benzene rings is 1. The van der Waals surface area contributed by atoms with E-state index in [1.54, 1.807) is 7.11 Å². The van der Waals surface area contributed by atoms with Gasteiger partial charge in [0.15, 0.2) is 0 Å². The summed E-state index contributed by atoms with van der Waals surface area (Å²) in [6.07, 6.45) is 0.856. The lowest BCUT2D eigenvalue weighted by molar-refractivity contribution is -0.120. The Balaban J connectivity index is 2.29. The first-order valence-electron chi connectivity index (χ1n) is 5.09. The quantitative estimate of drug-likeness (QED) is 0.818. The van der Waals surface area contributed by atoms with E-state index >= 15 is 0 Å². The molecule has 0 aromatic heterocycles. The second-order valence-electron chi connectivity index (χ2n) is 3.78. The van der Waals surface area contributed by atoms with Crippen LogP contribution in [0.4, 0.5) is 5.69 Å². The van der Waals surface area contributed by atoms with Crippen molar-refractivity contribution in [3.8, 4) is 11.8 Å². The van der Waals surface area contributed by atoms with Crippen molar-refractivity contribution in [2.45, 2.75) is 12.8 Å². The second kappa shape index (κ2) is 4.23. The van der Waals surface area contributed by atoms with Crippen LogP contribution < -0.4 is 10.1 Å². The van der Waals surface area contributed by atoms with Crippen LogP contribution in [0, 0.1) is 17.2 Å². The number of anilines is 1. The molecule has 0 bridgehead atoms. The Labute approximate surface area is 93.8 Å². The predicted molar refractivity (Wildman–Crippen MR) is 59.0 cm³/mol. The Hall–Kier alpha value is -2.02. The number of amides is 1. The standard InChI is InChI=1S/C12H12N2O2/c1-16-10-2-3-11-9(7-10)6-8(4-5-13)12(15)14-11/h2-3,7-8H,4,6H2,1H3,(H,14,15). The molecule has 4 nitrogen and oxygen atoms in total. The van der Waals surface area contributed by atoms with E-state index in [9.17, 15) is 4.79 Å². The molecule has 2 rings (SSSR count). The zero-order chi connectivity index (χ0) is 11.5. The van der Waals surface area contributed by atoms with E-state index in [0.29, 0.717) is 6.42 Å². The van der Waals surface area contributed by atoms with E-state index in [4.69, 9.17) is 10.00 Å². The number of carbonyl (C=O) groups excluding carboxylic acids is 1. The van der Waals surface area contributed by atoms with E-state index in [-0.39, 0.29) is 18.2 Å². The monoisotopic (exact) mass is 216 g/mol. The molecule has 1 aliphatic heterocycles. The topological polar surface area (TPSA) is 62.1 Å². The zero-order valence-electron chi connectivity index (χ0n) is 8.99. The van der Waals surface area contributed by atoms with E-state index < -0.39 is 0 Å². The third-order valence-electron chi connectivity index (χ3n) is 2.75. The summed E-state index contributed by atoms with van der Waals surface area (Å²) in [5.41, 5.74) is 1.85. The van der Waals surface area contributed by atoms with Gasteiger partial charge in [0.05, 0.1) is 19.1 Å². The van der Waals surface area contributed by atoms with Gasteiger partial charge in [0, 0.05) is 12.1 Å².